The number of aliphatic hydroxyl groups is 1. The van der Waals surface area contributed by atoms with Gasteiger partial charge in [0.1, 0.15) is 0 Å². The highest BCUT2D eigenvalue weighted by atomic mass is 16.5. The number of likely N-dealkylation sites (N-methyl/N-ethyl adjacent to an activating group) is 1. The molecule has 0 aromatic carbocycles. The molecule has 3 heteroatoms. The predicted octanol–water partition coefficient (Wildman–Crippen LogP) is 2.67. The zero-order chi connectivity index (χ0) is 13.5. The van der Waals surface area contributed by atoms with Gasteiger partial charge in [-0.1, -0.05) is 19.8 Å². The van der Waals surface area contributed by atoms with E-state index in [4.69, 9.17) is 4.74 Å². The summed E-state index contributed by atoms with van der Waals surface area (Å²) in [5.41, 5.74) is 0. The van der Waals surface area contributed by atoms with Crippen LogP contribution in [0.3, 0.4) is 0 Å². The van der Waals surface area contributed by atoms with E-state index in [9.17, 15) is 5.11 Å². The average molecular weight is 257 g/mol. The number of ether oxygens (including phenoxy) is 1. The lowest BCUT2D eigenvalue weighted by molar-refractivity contribution is -0.00625. The molecule has 3 atom stereocenters. The third-order valence-corrected chi connectivity index (χ3v) is 4.05. The Bertz CT molecular complexity index is 221. The van der Waals surface area contributed by atoms with E-state index in [0.29, 0.717) is 12.1 Å². The number of rotatable bonds is 7. The van der Waals surface area contributed by atoms with Crippen LogP contribution in [0, 0.1) is 5.92 Å². The molecule has 0 spiro atoms. The summed E-state index contributed by atoms with van der Waals surface area (Å²) in [6.45, 7) is 8.05. The molecule has 0 aromatic rings. The van der Waals surface area contributed by atoms with Gasteiger partial charge in [-0.05, 0) is 46.1 Å². The van der Waals surface area contributed by atoms with Crippen molar-refractivity contribution < 1.29 is 9.84 Å². The molecule has 0 radical (unpaired) electrons. The fourth-order valence-electron chi connectivity index (χ4n) is 2.96. The highest BCUT2D eigenvalue weighted by molar-refractivity contribution is 4.85. The summed E-state index contributed by atoms with van der Waals surface area (Å²) in [7, 11) is 2.12. The minimum absolute atomic E-state index is 0.151. The minimum Gasteiger partial charge on any atom is -0.391 e. The van der Waals surface area contributed by atoms with Crippen molar-refractivity contribution in [2.24, 2.45) is 5.92 Å². The predicted molar refractivity (Wildman–Crippen MR) is 75.8 cm³/mol. The molecule has 0 bridgehead atoms. The van der Waals surface area contributed by atoms with Crippen LogP contribution >= 0.6 is 0 Å². The summed E-state index contributed by atoms with van der Waals surface area (Å²) in [4.78, 5) is 2.29. The molecule has 0 amide bonds. The third-order valence-electron chi connectivity index (χ3n) is 4.05. The molecule has 3 unspecified atom stereocenters. The molecule has 0 aromatic heterocycles. The fourth-order valence-corrected chi connectivity index (χ4v) is 2.96. The zero-order valence-electron chi connectivity index (χ0n) is 12.6. The van der Waals surface area contributed by atoms with Gasteiger partial charge >= 0.3 is 0 Å². The Labute approximate surface area is 113 Å². The SMILES string of the molecule is CCCC1CCC(O)C(N(C)CCOC(C)C)C1. The lowest BCUT2D eigenvalue weighted by Gasteiger charge is -2.39. The van der Waals surface area contributed by atoms with E-state index >= 15 is 0 Å². The van der Waals surface area contributed by atoms with Crippen molar-refractivity contribution in [2.45, 2.75) is 71.1 Å². The lowest BCUT2D eigenvalue weighted by atomic mass is 9.81. The van der Waals surface area contributed by atoms with Gasteiger partial charge in [-0.2, -0.15) is 0 Å². The molecular weight excluding hydrogens is 226 g/mol. The molecule has 1 aliphatic rings. The van der Waals surface area contributed by atoms with Gasteiger partial charge < -0.3 is 9.84 Å². The second kappa shape index (κ2) is 8.13. The first-order chi connectivity index (χ1) is 8.54. The second-order valence-corrected chi connectivity index (χ2v) is 6.00. The van der Waals surface area contributed by atoms with E-state index in [1.54, 1.807) is 0 Å². The molecule has 1 rings (SSSR count). The molecule has 0 aliphatic heterocycles. The van der Waals surface area contributed by atoms with E-state index in [2.05, 4.69) is 32.7 Å². The van der Waals surface area contributed by atoms with Crippen LogP contribution in [0.2, 0.25) is 0 Å². The van der Waals surface area contributed by atoms with Crippen LogP contribution in [-0.2, 0) is 4.74 Å². The first kappa shape index (κ1) is 15.9. The first-order valence-corrected chi connectivity index (χ1v) is 7.54. The Balaban J connectivity index is 2.36. The zero-order valence-corrected chi connectivity index (χ0v) is 12.6. The Hall–Kier alpha value is -0.120. The summed E-state index contributed by atoms with van der Waals surface area (Å²) in [5, 5.41) is 10.2. The van der Waals surface area contributed by atoms with Crippen molar-refractivity contribution in [1.29, 1.82) is 0 Å². The van der Waals surface area contributed by atoms with Gasteiger partial charge in [0.05, 0.1) is 18.8 Å². The quantitative estimate of drug-likeness (QED) is 0.761. The van der Waals surface area contributed by atoms with Crippen LogP contribution in [0.1, 0.15) is 52.9 Å². The van der Waals surface area contributed by atoms with E-state index in [1.807, 2.05) is 0 Å². The summed E-state index contributed by atoms with van der Waals surface area (Å²) >= 11 is 0. The van der Waals surface area contributed by atoms with E-state index in [-0.39, 0.29) is 6.10 Å². The molecule has 0 saturated heterocycles. The Morgan fingerprint density at radius 1 is 1.33 bits per heavy atom. The van der Waals surface area contributed by atoms with Gasteiger partial charge in [0.15, 0.2) is 0 Å². The second-order valence-electron chi connectivity index (χ2n) is 6.00. The van der Waals surface area contributed by atoms with Crippen LogP contribution in [-0.4, -0.2) is 48.5 Å². The van der Waals surface area contributed by atoms with Gasteiger partial charge in [-0.25, -0.2) is 0 Å². The normalized spacial score (nSPS) is 29.2. The van der Waals surface area contributed by atoms with Crippen LogP contribution < -0.4 is 0 Å². The van der Waals surface area contributed by atoms with Crippen molar-refractivity contribution in [1.82, 2.24) is 4.90 Å². The highest BCUT2D eigenvalue weighted by Crippen LogP contribution is 2.30. The molecule has 1 N–H and O–H groups in total. The van der Waals surface area contributed by atoms with Crippen molar-refractivity contribution in [3.63, 3.8) is 0 Å². The minimum atomic E-state index is -0.151. The van der Waals surface area contributed by atoms with Crippen molar-refractivity contribution >= 4 is 0 Å². The van der Waals surface area contributed by atoms with Crippen molar-refractivity contribution in [3.8, 4) is 0 Å². The van der Waals surface area contributed by atoms with Crippen LogP contribution in [0.25, 0.3) is 0 Å². The standard InChI is InChI=1S/C15H31NO2/c1-5-6-13-7-8-15(17)14(11-13)16(4)9-10-18-12(2)3/h12-15,17H,5-11H2,1-4H3. The number of hydrogen-bond donors (Lipinski definition) is 1. The summed E-state index contributed by atoms with van der Waals surface area (Å²) in [5.74, 6) is 0.803. The first-order valence-electron chi connectivity index (χ1n) is 7.54. The van der Waals surface area contributed by atoms with E-state index in [1.165, 1.54) is 19.3 Å². The molecule has 1 saturated carbocycles. The maximum absolute atomic E-state index is 10.2. The number of aliphatic hydroxyl groups excluding tert-OH is 1. The third kappa shape index (κ3) is 5.25. The Morgan fingerprint density at radius 2 is 2.06 bits per heavy atom. The lowest BCUT2D eigenvalue weighted by Crippen LogP contribution is -2.46. The molecular formula is C15H31NO2. The highest BCUT2D eigenvalue weighted by Gasteiger charge is 2.31. The summed E-state index contributed by atoms with van der Waals surface area (Å²) in [6.07, 6.45) is 6.01. The van der Waals surface area contributed by atoms with E-state index < -0.39 is 0 Å². The van der Waals surface area contributed by atoms with Crippen molar-refractivity contribution in [2.75, 3.05) is 20.2 Å². The molecule has 1 aliphatic carbocycles. The van der Waals surface area contributed by atoms with Crippen LogP contribution in [0.4, 0.5) is 0 Å². The molecule has 18 heavy (non-hydrogen) atoms. The smallest absolute Gasteiger partial charge is 0.0695 e. The topological polar surface area (TPSA) is 32.7 Å². The van der Waals surface area contributed by atoms with Gasteiger partial charge in [0.25, 0.3) is 0 Å². The maximum atomic E-state index is 10.2. The van der Waals surface area contributed by atoms with Gasteiger partial charge in [-0.3, -0.25) is 4.90 Å². The van der Waals surface area contributed by atoms with Crippen LogP contribution in [0.5, 0.6) is 0 Å². The van der Waals surface area contributed by atoms with Gasteiger partial charge in [0, 0.05) is 12.6 Å². The molecule has 108 valence electrons. The molecule has 3 nitrogen and oxygen atoms in total. The molecule has 1 fully saturated rings. The number of hydrogen-bond acceptors (Lipinski definition) is 3. The Kier molecular flexibility index (Phi) is 7.20. The average Bonchev–Trinajstić information content (AvgIpc) is 2.31. The maximum Gasteiger partial charge on any atom is 0.0695 e. The fraction of sp³-hybridized carbons (Fsp3) is 1.00. The summed E-state index contributed by atoms with van der Waals surface area (Å²) in [6, 6.07) is 0.325. The number of nitrogens with zero attached hydrogens (tertiary/aromatic N) is 1. The monoisotopic (exact) mass is 257 g/mol. The molecule has 0 heterocycles. The van der Waals surface area contributed by atoms with Gasteiger partial charge in [0.2, 0.25) is 0 Å². The van der Waals surface area contributed by atoms with Crippen molar-refractivity contribution in [3.05, 3.63) is 0 Å². The van der Waals surface area contributed by atoms with E-state index in [0.717, 1.165) is 31.9 Å². The summed E-state index contributed by atoms with van der Waals surface area (Å²) < 4.78 is 5.59. The largest absolute Gasteiger partial charge is 0.391 e. The Morgan fingerprint density at radius 3 is 2.67 bits per heavy atom. The van der Waals surface area contributed by atoms with Gasteiger partial charge in [-0.15, -0.1) is 0 Å². The van der Waals surface area contributed by atoms with Crippen LogP contribution in [0.15, 0.2) is 0 Å².